The highest BCUT2D eigenvalue weighted by atomic mass is 16.4. The second-order valence-electron chi connectivity index (χ2n) is 18.3. The molecule has 7 amide bonds. The second-order valence-corrected chi connectivity index (χ2v) is 18.3. The maximum Gasteiger partial charge on any atom is 0.326 e. The maximum absolute atomic E-state index is 14.5. The Balaban J connectivity index is 1.57. The number of rotatable bonds is 28. The van der Waals surface area contributed by atoms with Crippen LogP contribution in [0.25, 0.3) is 0 Å². The molecule has 23 nitrogen and oxygen atoms in total. The van der Waals surface area contributed by atoms with Crippen LogP contribution in [0.3, 0.4) is 0 Å². The van der Waals surface area contributed by atoms with Crippen LogP contribution in [0, 0.1) is 11.8 Å². The number of benzene rings is 2. The smallest absolute Gasteiger partial charge is 0.326 e. The topological polar surface area (TPSA) is 358 Å². The number of carboxylic acids is 1. The van der Waals surface area contributed by atoms with Crippen LogP contribution in [0.15, 0.2) is 72.1 Å². The Bertz CT molecular complexity index is 2310. The number of phenols is 1. The van der Waals surface area contributed by atoms with Crippen LogP contribution >= 0.6 is 0 Å². The number of guanidine groups is 1. The van der Waals surface area contributed by atoms with Gasteiger partial charge in [0, 0.05) is 44.2 Å². The van der Waals surface area contributed by atoms with E-state index in [1.807, 2.05) is 6.92 Å². The Morgan fingerprint density at radius 2 is 1.40 bits per heavy atom. The van der Waals surface area contributed by atoms with Crippen molar-refractivity contribution >= 4 is 53.3 Å². The molecule has 14 N–H and O–H groups in total. The lowest BCUT2D eigenvalue weighted by Gasteiger charge is -2.32. The van der Waals surface area contributed by atoms with Crippen molar-refractivity contribution in [2.75, 3.05) is 26.7 Å². The largest absolute Gasteiger partial charge is 0.508 e. The number of carboxylic acid groups (broad SMARTS) is 1. The molecule has 0 bridgehead atoms. The van der Waals surface area contributed by atoms with Crippen LogP contribution < -0.4 is 48.7 Å². The lowest BCUT2D eigenvalue weighted by Crippen LogP contribution is -2.62. The minimum absolute atomic E-state index is 0.00545. The average molecular weight is 1000 g/mol. The molecule has 1 aliphatic heterocycles. The first-order valence-electron chi connectivity index (χ1n) is 24.1. The number of carbonyl (C=O) groups is 8. The monoisotopic (exact) mass is 1000 g/mol. The third-order valence-corrected chi connectivity index (χ3v) is 12.3. The van der Waals surface area contributed by atoms with Crippen LogP contribution in [0.2, 0.25) is 0 Å². The zero-order valence-electron chi connectivity index (χ0n) is 41.5. The van der Waals surface area contributed by atoms with E-state index in [-0.39, 0.29) is 63.4 Å². The van der Waals surface area contributed by atoms with Gasteiger partial charge in [-0.15, -0.1) is 0 Å². The van der Waals surface area contributed by atoms with Crippen molar-refractivity contribution in [2.24, 2.45) is 28.3 Å². The van der Waals surface area contributed by atoms with Gasteiger partial charge in [-0.3, -0.25) is 38.6 Å². The van der Waals surface area contributed by atoms with Crippen LogP contribution in [-0.4, -0.2) is 147 Å². The third kappa shape index (κ3) is 17.7. The van der Waals surface area contributed by atoms with E-state index in [0.717, 1.165) is 0 Å². The number of aliphatic imine (C=N–C) groups is 1. The molecule has 23 heteroatoms. The van der Waals surface area contributed by atoms with E-state index in [0.29, 0.717) is 36.1 Å². The van der Waals surface area contributed by atoms with E-state index in [9.17, 15) is 48.6 Å². The Labute approximate surface area is 418 Å². The zero-order chi connectivity index (χ0) is 52.9. The van der Waals surface area contributed by atoms with Gasteiger partial charge in [0.25, 0.3) is 0 Å². The highest BCUT2D eigenvalue weighted by molar-refractivity contribution is 5.98. The first kappa shape index (κ1) is 57.0. The molecule has 4 rings (SSSR count). The Morgan fingerprint density at radius 1 is 0.778 bits per heavy atom. The number of likely N-dealkylation sites (tertiary alicyclic amines) is 1. The molecular weight excluding hydrogens is 931 g/mol. The zero-order valence-corrected chi connectivity index (χ0v) is 41.5. The fraction of sp³-hybridized carbons (Fsp3) is 0.510. The number of aromatic nitrogens is 2. The molecule has 1 aromatic heterocycles. The lowest BCUT2D eigenvalue weighted by molar-refractivity contribution is -0.145. The molecule has 0 spiro atoms. The van der Waals surface area contributed by atoms with Crippen molar-refractivity contribution in [1.29, 1.82) is 0 Å². The van der Waals surface area contributed by atoms with E-state index >= 15 is 0 Å². The molecule has 2 heterocycles. The number of aromatic amines is 1. The highest BCUT2D eigenvalue weighted by Crippen LogP contribution is 2.21. The minimum atomic E-state index is -1.35. The molecule has 0 radical (unpaired) electrons. The number of aliphatic carboxylic acids is 1. The lowest BCUT2D eigenvalue weighted by atomic mass is 9.96. The number of H-pyrrole nitrogens is 1. The highest BCUT2D eigenvalue weighted by Gasteiger charge is 2.41. The summed E-state index contributed by atoms with van der Waals surface area (Å²) in [6, 6.07) is 6.29. The summed E-state index contributed by atoms with van der Waals surface area (Å²) in [5.74, 6) is -7.02. The standard InChI is InChI=1S/C49H71N13O10/c1-6-29(4)41(46(69)58-36(24-32-25-53-27-55-32)47(70)62-21-11-15-38(62)44(67)59-37(48(71)72)23-31-16-18-33(63)19-17-31)61-43(66)35(22-30-12-8-7-9-13-30)57-45(68)40(28(2)3)60-42(65)34(56-39(64)26-52-5)14-10-20-54-49(50)51/h7-9,12-13,16-19,25,27-29,34-38,40-41,52,63H,6,10-11,14-15,20-24,26H2,1-5H3,(H,53,55)(H,56,64)(H,57,68)(H,58,69)(H,59,67)(H,60,65)(H,61,66)(H,71,72)(H4,50,51,54)/t29-,34+,35-,36-,37+,38+,40-,41-/m0/s1. The van der Waals surface area contributed by atoms with Crippen LogP contribution in [-0.2, 0) is 57.6 Å². The van der Waals surface area contributed by atoms with Gasteiger partial charge in [-0.1, -0.05) is 76.6 Å². The SMILES string of the molecule is CC[C@H](C)[C@H](NC(=O)[C@H](Cc1ccccc1)NC(=O)[C@@H](NC(=O)[C@@H](CCCN=C(N)N)NC(=O)CNC)C(C)C)C(=O)N[C@@H](Cc1cnc[nH]1)C(=O)N1CCC[C@@H]1C(=O)N[C@H](Cc1ccc(O)cc1)C(=O)O. The summed E-state index contributed by atoms with van der Waals surface area (Å²) in [6.45, 7) is 7.23. The van der Waals surface area contributed by atoms with E-state index < -0.39 is 101 Å². The van der Waals surface area contributed by atoms with E-state index in [1.165, 1.54) is 29.6 Å². The first-order valence-corrected chi connectivity index (χ1v) is 24.1. The molecule has 1 fully saturated rings. The molecule has 3 aromatic rings. The number of nitrogens with one attached hydrogen (secondary N) is 8. The summed E-state index contributed by atoms with van der Waals surface area (Å²) in [6.07, 6.45) is 4.20. The fourth-order valence-corrected chi connectivity index (χ4v) is 8.16. The van der Waals surface area contributed by atoms with Gasteiger partial charge in [0.2, 0.25) is 41.4 Å². The molecule has 1 aliphatic rings. The van der Waals surface area contributed by atoms with Gasteiger partial charge >= 0.3 is 5.97 Å². The number of nitrogens with two attached hydrogens (primary N) is 2. The van der Waals surface area contributed by atoms with Gasteiger partial charge in [0.15, 0.2) is 5.96 Å². The summed E-state index contributed by atoms with van der Waals surface area (Å²) in [7, 11) is 1.58. The number of likely N-dealkylation sites (N-methyl/N-ethyl adjacent to an activating group) is 1. The maximum atomic E-state index is 14.5. The van der Waals surface area contributed by atoms with Gasteiger partial charge in [-0.05, 0) is 67.8 Å². The number of aromatic hydroxyl groups is 1. The summed E-state index contributed by atoms with van der Waals surface area (Å²) >= 11 is 0. The minimum Gasteiger partial charge on any atom is -0.508 e. The Kier molecular flexibility index (Phi) is 22.4. The van der Waals surface area contributed by atoms with Crippen molar-refractivity contribution < 1.29 is 48.6 Å². The number of phenolic OH excluding ortho intramolecular Hbond substituents is 1. The van der Waals surface area contributed by atoms with Gasteiger partial charge in [0.1, 0.15) is 48.0 Å². The van der Waals surface area contributed by atoms with E-state index in [2.05, 4.69) is 52.2 Å². The molecule has 0 aliphatic carbocycles. The molecule has 0 saturated carbocycles. The molecule has 8 atom stereocenters. The van der Waals surface area contributed by atoms with Crippen LogP contribution in [0.4, 0.5) is 0 Å². The van der Waals surface area contributed by atoms with Gasteiger partial charge in [-0.2, -0.15) is 0 Å². The molecule has 2 aromatic carbocycles. The van der Waals surface area contributed by atoms with Crippen molar-refractivity contribution in [3.8, 4) is 5.75 Å². The number of hydrogen-bond acceptors (Lipinski definition) is 12. The number of hydrogen-bond donors (Lipinski definition) is 12. The molecule has 1 saturated heterocycles. The summed E-state index contributed by atoms with van der Waals surface area (Å²) in [5.41, 5.74) is 12.6. The first-order chi connectivity index (χ1) is 34.3. The Hall–Kier alpha value is -7.56. The predicted molar refractivity (Wildman–Crippen MR) is 266 cm³/mol. The second kappa shape index (κ2) is 28.3. The van der Waals surface area contributed by atoms with Gasteiger partial charge in [-0.25, -0.2) is 9.78 Å². The summed E-state index contributed by atoms with van der Waals surface area (Å²) in [4.78, 5) is 122. The molecular formula is C49H71N13O10. The van der Waals surface area contributed by atoms with Gasteiger partial charge < -0.3 is 68.8 Å². The summed E-state index contributed by atoms with van der Waals surface area (Å²) in [5, 5.41) is 38.8. The number of imidazole rings is 1. The fourth-order valence-electron chi connectivity index (χ4n) is 8.16. The number of carbonyl (C=O) groups excluding carboxylic acids is 7. The van der Waals surface area contributed by atoms with Crippen molar-refractivity contribution in [3.63, 3.8) is 0 Å². The van der Waals surface area contributed by atoms with E-state index in [4.69, 9.17) is 11.5 Å². The average Bonchev–Trinajstić information content (AvgIpc) is 4.06. The number of nitrogens with zero attached hydrogens (tertiary/aromatic N) is 3. The molecule has 0 unspecified atom stereocenters. The quantitative estimate of drug-likeness (QED) is 0.0239. The van der Waals surface area contributed by atoms with Crippen molar-refractivity contribution in [2.45, 2.75) is 121 Å². The van der Waals surface area contributed by atoms with Gasteiger partial charge in [0.05, 0.1) is 12.9 Å². The molecule has 72 heavy (non-hydrogen) atoms. The predicted octanol–water partition coefficient (Wildman–Crippen LogP) is -0.897. The summed E-state index contributed by atoms with van der Waals surface area (Å²) < 4.78 is 0. The normalized spacial score (nSPS) is 16.1. The van der Waals surface area contributed by atoms with Crippen LogP contribution in [0.5, 0.6) is 5.75 Å². The third-order valence-electron chi connectivity index (χ3n) is 12.3. The Morgan fingerprint density at radius 3 is 2.01 bits per heavy atom. The van der Waals surface area contributed by atoms with Crippen LogP contribution in [0.1, 0.15) is 76.6 Å². The van der Waals surface area contributed by atoms with E-state index in [1.54, 1.807) is 70.3 Å². The van der Waals surface area contributed by atoms with Crippen molar-refractivity contribution in [3.05, 3.63) is 83.9 Å². The van der Waals surface area contributed by atoms with Crippen molar-refractivity contribution in [1.82, 2.24) is 52.1 Å². The molecule has 392 valence electrons. The number of amides is 7.